The van der Waals surface area contributed by atoms with E-state index in [0.717, 1.165) is 27.1 Å². The Morgan fingerprint density at radius 2 is 1.93 bits per heavy atom. The third kappa shape index (κ3) is 3.69. The summed E-state index contributed by atoms with van der Waals surface area (Å²) in [6, 6.07) is 13.7. The number of nitrogens with one attached hydrogen (secondary N) is 1. The Balaban J connectivity index is 1.64. The molecule has 1 amide bonds. The fraction of sp³-hybridized carbons (Fsp3) is 0.182. The van der Waals surface area contributed by atoms with Crippen LogP contribution in [0, 0.1) is 13.8 Å². The van der Waals surface area contributed by atoms with E-state index in [1.807, 2.05) is 50.2 Å². The zero-order chi connectivity index (χ0) is 21.3. The van der Waals surface area contributed by atoms with Crippen LogP contribution in [0.3, 0.4) is 0 Å². The lowest BCUT2D eigenvalue weighted by atomic mass is 10.0. The fourth-order valence-electron chi connectivity index (χ4n) is 3.42. The van der Waals surface area contributed by atoms with Gasteiger partial charge in [0.2, 0.25) is 5.91 Å². The molecule has 0 aliphatic carbocycles. The van der Waals surface area contributed by atoms with Crippen molar-refractivity contribution in [1.29, 1.82) is 0 Å². The third-order valence-electron chi connectivity index (χ3n) is 4.70. The maximum atomic E-state index is 12.7. The van der Waals surface area contributed by atoms with Gasteiger partial charge in [-0.3, -0.25) is 4.79 Å². The smallest absolute Gasteiger partial charge is 0.340 e. The first kappa shape index (κ1) is 19.8. The average molecular weight is 420 g/mol. The number of benzene rings is 1. The highest BCUT2D eigenvalue weighted by Gasteiger charge is 2.19. The molecule has 0 aliphatic rings. The van der Waals surface area contributed by atoms with Crippen LogP contribution in [-0.4, -0.2) is 33.8 Å². The lowest BCUT2D eigenvalue weighted by molar-refractivity contribution is -0.116. The average Bonchev–Trinajstić information content (AvgIpc) is 3.27. The summed E-state index contributed by atoms with van der Waals surface area (Å²) in [6.07, 6.45) is 1.72. The van der Waals surface area contributed by atoms with Gasteiger partial charge in [0, 0.05) is 16.5 Å². The fourth-order valence-corrected chi connectivity index (χ4v) is 4.34. The summed E-state index contributed by atoms with van der Waals surface area (Å²) >= 11 is 1.33. The predicted octanol–water partition coefficient (Wildman–Crippen LogP) is 4.20. The third-order valence-corrected chi connectivity index (χ3v) is 5.67. The number of rotatable bonds is 5. The highest BCUT2D eigenvalue weighted by molar-refractivity contribution is 7.16. The van der Waals surface area contributed by atoms with Crippen LogP contribution in [0.4, 0.5) is 5.00 Å². The summed E-state index contributed by atoms with van der Waals surface area (Å²) in [7, 11) is 1.32. The van der Waals surface area contributed by atoms with Crippen LogP contribution in [0.5, 0.6) is 0 Å². The zero-order valence-electron chi connectivity index (χ0n) is 16.8. The molecular formula is C22H20N4O3S. The number of pyridine rings is 1. The van der Waals surface area contributed by atoms with Gasteiger partial charge in [0.25, 0.3) is 0 Å². The maximum absolute atomic E-state index is 12.7. The summed E-state index contributed by atoms with van der Waals surface area (Å²) in [4.78, 5) is 30.0. The Labute approximate surface area is 177 Å². The van der Waals surface area contributed by atoms with Crippen LogP contribution < -0.4 is 5.32 Å². The minimum atomic E-state index is -0.482. The zero-order valence-corrected chi connectivity index (χ0v) is 17.6. The number of nitrogens with zero attached hydrogens (tertiary/aromatic N) is 3. The second kappa shape index (κ2) is 8.08. The molecule has 0 bridgehead atoms. The van der Waals surface area contributed by atoms with Gasteiger partial charge in [0.15, 0.2) is 5.65 Å². The van der Waals surface area contributed by atoms with E-state index in [-0.39, 0.29) is 12.5 Å². The molecule has 0 spiro atoms. The standard InChI is InChI=1S/C22H20N4O3S/c1-13-11-17(22(28)29-3)21(30-13)24-18(27)12-26-20-19(14(2)25-26)16(9-10-23-20)15-7-5-4-6-8-15/h4-11H,12H2,1-3H3,(H,24,27). The number of aryl methyl sites for hydroxylation is 2. The second-order valence-corrected chi connectivity index (χ2v) is 8.06. The van der Waals surface area contributed by atoms with Crippen molar-refractivity contribution in [2.45, 2.75) is 20.4 Å². The van der Waals surface area contributed by atoms with E-state index >= 15 is 0 Å². The summed E-state index contributed by atoms with van der Waals surface area (Å²) in [5.74, 6) is -0.775. The first-order chi connectivity index (χ1) is 14.5. The number of hydrogen-bond donors (Lipinski definition) is 1. The number of carbonyl (C=O) groups is 2. The predicted molar refractivity (Wildman–Crippen MR) is 117 cm³/mol. The van der Waals surface area contributed by atoms with Crippen molar-refractivity contribution in [2.24, 2.45) is 0 Å². The molecule has 4 rings (SSSR count). The number of methoxy groups -OCH3 is 1. The largest absolute Gasteiger partial charge is 0.465 e. The molecule has 1 N–H and O–H groups in total. The highest BCUT2D eigenvalue weighted by Crippen LogP contribution is 2.30. The van der Waals surface area contributed by atoms with Gasteiger partial charge >= 0.3 is 5.97 Å². The van der Waals surface area contributed by atoms with E-state index < -0.39 is 5.97 Å². The molecule has 1 aromatic carbocycles. The normalized spacial score (nSPS) is 10.9. The van der Waals surface area contributed by atoms with Gasteiger partial charge in [0.1, 0.15) is 11.5 Å². The molecule has 3 aromatic heterocycles. The minimum absolute atomic E-state index is 0.0207. The lowest BCUT2D eigenvalue weighted by Gasteiger charge is -2.07. The number of aromatic nitrogens is 3. The van der Waals surface area contributed by atoms with Crippen molar-refractivity contribution in [3.8, 4) is 11.1 Å². The van der Waals surface area contributed by atoms with Crippen molar-refractivity contribution >= 4 is 39.2 Å². The molecule has 7 nitrogen and oxygen atoms in total. The molecular weight excluding hydrogens is 400 g/mol. The van der Waals surface area contributed by atoms with Gasteiger partial charge in [-0.05, 0) is 37.1 Å². The molecule has 0 saturated carbocycles. The monoisotopic (exact) mass is 420 g/mol. The summed E-state index contributed by atoms with van der Waals surface area (Å²) in [5.41, 5.74) is 3.87. The van der Waals surface area contributed by atoms with E-state index in [1.54, 1.807) is 16.9 Å². The maximum Gasteiger partial charge on any atom is 0.340 e. The molecule has 0 saturated heterocycles. The number of ether oxygens (including phenoxy) is 1. The molecule has 30 heavy (non-hydrogen) atoms. The Hall–Kier alpha value is -3.52. The molecule has 8 heteroatoms. The molecule has 0 atom stereocenters. The number of carbonyl (C=O) groups excluding carboxylic acids is 2. The topological polar surface area (TPSA) is 86.1 Å². The quantitative estimate of drug-likeness (QED) is 0.489. The Kier molecular flexibility index (Phi) is 5.33. The van der Waals surface area contributed by atoms with Gasteiger partial charge in [-0.2, -0.15) is 5.10 Å². The van der Waals surface area contributed by atoms with Crippen molar-refractivity contribution < 1.29 is 14.3 Å². The molecule has 0 fully saturated rings. The van der Waals surface area contributed by atoms with Crippen LogP contribution in [0.2, 0.25) is 0 Å². The molecule has 152 valence electrons. The van der Waals surface area contributed by atoms with Gasteiger partial charge in [-0.15, -0.1) is 11.3 Å². The molecule has 0 aliphatic heterocycles. The summed E-state index contributed by atoms with van der Waals surface area (Å²) < 4.78 is 6.38. The Morgan fingerprint density at radius 1 is 1.17 bits per heavy atom. The highest BCUT2D eigenvalue weighted by atomic mass is 32.1. The number of amides is 1. The van der Waals surface area contributed by atoms with E-state index in [9.17, 15) is 9.59 Å². The van der Waals surface area contributed by atoms with E-state index in [2.05, 4.69) is 15.4 Å². The summed E-state index contributed by atoms with van der Waals surface area (Å²) in [6.45, 7) is 3.75. The van der Waals surface area contributed by atoms with Crippen molar-refractivity contribution in [1.82, 2.24) is 14.8 Å². The summed E-state index contributed by atoms with van der Waals surface area (Å²) in [5, 5.41) is 8.73. The van der Waals surface area contributed by atoms with Crippen molar-refractivity contribution in [3.63, 3.8) is 0 Å². The van der Waals surface area contributed by atoms with Crippen molar-refractivity contribution in [2.75, 3.05) is 12.4 Å². The van der Waals surface area contributed by atoms with E-state index in [0.29, 0.717) is 16.2 Å². The van der Waals surface area contributed by atoms with Crippen molar-refractivity contribution in [3.05, 3.63) is 64.8 Å². The van der Waals surface area contributed by atoms with Gasteiger partial charge in [-0.1, -0.05) is 30.3 Å². The first-order valence-electron chi connectivity index (χ1n) is 9.34. The van der Waals surface area contributed by atoms with Crippen LogP contribution >= 0.6 is 11.3 Å². The number of hydrogen-bond acceptors (Lipinski definition) is 6. The molecule has 0 radical (unpaired) electrons. The van der Waals surface area contributed by atoms with Gasteiger partial charge < -0.3 is 10.1 Å². The number of thiophene rings is 1. The Bertz CT molecular complexity index is 1240. The van der Waals surface area contributed by atoms with Crippen LogP contribution in [0.15, 0.2) is 48.7 Å². The molecule has 0 unspecified atom stereocenters. The second-order valence-electron chi connectivity index (χ2n) is 6.81. The number of anilines is 1. The van der Waals surface area contributed by atoms with E-state index in [1.165, 1.54) is 18.4 Å². The van der Waals surface area contributed by atoms with Gasteiger partial charge in [-0.25, -0.2) is 14.5 Å². The number of fused-ring (bicyclic) bond motifs is 1. The number of esters is 1. The van der Waals surface area contributed by atoms with Crippen LogP contribution in [-0.2, 0) is 16.1 Å². The van der Waals surface area contributed by atoms with Gasteiger partial charge in [0.05, 0.1) is 18.4 Å². The lowest BCUT2D eigenvalue weighted by Crippen LogP contribution is -2.20. The Morgan fingerprint density at radius 3 is 2.67 bits per heavy atom. The molecule has 3 heterocycles. The molecule has 4 aromatic rings. The minimum Gasteiger partial charge on any atom is -0.465 e. The van der Waals surface area contributed by atoms with Crippen LogP contribution in [0.25, 0.3) is 22.2 Å². The van der Waals surface area contributed by atoms with E-state index in [4.69, 9.17) is 4.74 Å². The first-order valence-corrected chi connectivity index (χ1v) is 10.2. The SMILES string of the molecule is COC(=O)c1cc(C)sc1NC(=O)Cn1nc(C)c2c(-c3ccccc3)ccnc21. The van der Waals surface area contributed by atoms with Crippen LogP contribution in [0.1, 0.15) is 20.9 Å².